The highest BCUT2D eigenvalue weighted by atomic mass is 32.1. The van der Waals surface area contributed by atoms with Crippen molar-refractivity contribution in [2.45, 2.75) is 6.92 Å². The summed E-state index contributed by atoms with van der Waals surface area (Å²) in [7, 11) is 2.00. The van der Waals surface area contributed by atoms with Crippen LogP contribution < -0.4 is 4.90 Å². The molecule has 32 heavy (non-hydrogen) atoms. The first-order valence-electron chi connectivity index (χ1n) is 10.3. The van der Waals surface area contributed by atoms with Gasteiger partial charge in [-0.25, -0.2) is 9.97 Å². The van der Waals surface area contributed by atoms with Gasteiger partial charge in [0.1, 0.15) is 11.5 Å². The first-order chi connectivity index (χ1) is 15.7. The fourth-order valence-electron chi connectivity index (χ4n) is 4.24. The van der Waals surface area contributed by atoms with E-state index < -0.39 is 0 Å². The number of hydrogen-bond donors (Lipinski definition) is 2. The zero-order valence-electron chi connectivity index (χ0n) is 17.4. The molecule has 0 spiro atoms. The average molecular weight is 439 g/mol. The van der Waals surface area contributed by atoms with Crippen molar-refractivity contribution >= 4 is 33.6 Å². The van der Waals surface area contributed by atoms with Crippen molar-refractivity contribution in [3.05, 3.63) is 70.2 Å². The van der Waals surface area contributed by atoms with E-state index in [0.29, 0.717) is 0 Å². The maximum absolute atomic E-state index is 4.98. The van der Waals surface area contributed by atoms with Crippen LogP contribution in [0.3, 0.4) is 0 Å². The molecule has 2 aliphatic rings. The van der Waals surface area contributed by atoms with Gasteiger partial charge in [0.2, 0.25) is 0 Å². The number of anilines is 1. The summed E-state index contributed by atoms with van der Waals surface area (Å²) in [4.78, 5) is 19.8. The lowest BCUT2D eigenvalue weighted by Gasteiger charge is -2.04. The molecule has 9 heteroatoms. The van der Waals surface area contributed by atoms with E-state index in [1.165, 1.54) is 11.3 Å². The summed E-state index contributed by atoms with van der Waals surface area (Å²) in [5, 5.41) is 12.9. The third kappa shape index (κ3) is 2.48. The summed E-state index contributed by atoms with van der Waals surface area (Å²) in [5.41, 5.74) is 8.11. The fourth-order valence-corrected chi connectivity index (χ4v) is 4.89. The first kappa shape index (κ1) is 17.7. The van der Waals surface area contributed by atoms with Crippen molar-refractivity contribution in [3.63, 3.8) is 0 Å². The number of hydrogen-bond acceptors (Lipinski definition) is 6. The summed E-state index contributed by atoms with van der Waals surface area (Å²) < 4.78 is 2.04. The van der Waals surface area contributed by atoms with Crippen LogP contribution >= 0.6 is 11.3 Å². The average Bonchev–Trinajstić information content (AvgIpc) is 3.23. The predicted octanol–water partition coefficient (Wildman–Crippen LogP) is 4.27. The summed E-state index contributed by atoms with van der Waals surface area (Å²) in [6.45, 7) is 2.90. The van der Waals surface area contributed by atoms with Gasteiger partial charge in [0.25, 0.3) is 0 Å². The molecule has 5 aromatic rings. The molecule has 0 atom stereocenters. The van der Waals surface area contributed by atoms with Crippen LogP contribution in [0, 0.1) is 6.92 Å². The molecule has 0 saturated carbocycles. The van der Waals surface area contributed by atoms with E-state index in [1.54, 1.807) is 11.3 Å². The molecule has 1 saturated heterocycles. The van der Waals surface area contributed by atoms with Crippen molar-refractivity contribution in [2.24, 2.45) is 7.05 Å². The summed E-state index contributed by atoms with van der Waals surface area (Å²) >= 11 is 1.69. The molecule has 0 unspecified atom stereocenters. The Morgan fingerprint density at radius 2 is 2.09 bits per heavy atom. The van der Waals surface area contributed by atoms with Crippen LogP contribution in [0.15, 0.2) is 53.1 Å². The summed E-state index contributed by atoms with van der Waals surface area (Å²) in [6, 6.07) is 4.19. The van der Waals surface area contributed by atoms with E-state index in [0.717, 1.165) is 63.3 Å². The Balaban J connectivity index is 1.38. The third-order valence-corrected chi connectivity index (χ3v) is 6.89. The molecule has 0 bridgehead atoms. The van der Waals surface area contributed by atoms with Crippen molar-refractivity contribution in [1.29, 1.82) is 0 Å². The molecule has 5 aromatic heterocycles. The minimum atomic E-state index is 0.744. The molecule has 1 fully saturated rings. The zero-order valence-corrected chi connectivity index (χ0v) is 18.2. The van der Waals surface area contributed by atoms with E-state index in [1.807, 2.05) is 30.9 Å². The number of H-pyrrole nitrogens is 2. The molecule has 2 N–H and O–H groups in total. The van der Waals surface area contributed by atoms with Crippen molar-refractivity contribution in [1.82, 2.24) is 34.7 Å². The molecule has 7 rings (SSSR count). The number of pyridine rings is 1. The minimum absolute atomic E-state index is 0.744. The number of aryl methyl sites for hydroxylation is 1. The van der Waals surface area contributed by atoms with Crippen molar-refractivity contribution in [2.75, 3.05) is 11.4 Å². The van der Waals surface area contributed by atoms with Gasteiger partial charge in [-0.05, 0) is 41.5 Å². The van der Waals surface area contributed by atoms with Crippen LogP contribution in [0.2, 0.25) is 0 Å². The van der Waals surface area contributed by atoms with Gasteiger partial charge in [-0.1, -0.05) is 6.08 Å². The van der Waals surface area contributed by atoms with Gasteiger partial charge in [0.15, 0.2) is 11.6 Å². The fraction of sp³-hybridized carbons (Fsp3) is 0.130. The molecule has 0 aromatic carbocycles. The van der Waals surface area contributed by atoms with E-state index in [9.17, 15) is 0 Å². The number of fused-ring (bicyclic) bond motifs is 4. The van der Waals surface area contributed by atoms with Crippen LogP contribution in [0.25, 0.3) is 39.4 Å². The van der Waals surface area contributed by atoms with Crippen LogP contribution in [0.1, 0.15) is 17.1 Å². The summed E-state index contributed by atoms with van der Waals surface area (Å²) in [5.74, 6) is 2.64. The standard InChI is InChI=1S/C23H18N8S/c1-12-24-9-19(30(12)2)17-7-16-18(8-25-17)28-29-20(16)22-26-21-15(13-5-6-32-11-13)4-3-14-10-31(14)23(21)27-22/h3-9,11H,10H2,1-2H3,(H,26,27)(H,28,29). The van der Waals surface area contributed by atoms with Gasteiger partial charge in [0.05, 0.1) is 41.5 Å². The number of rotatable bonds is 3. The van der Waals surface area contributed by atoms with Crippen LogP contribution in [-0.2, 0) is 7.05 Å². The number of thiophene rings is 1. The number of aromatic nitrogens is 7. The molecule has 2 aliphatic heterocycles. The van der Waals surface area contributed by atoms with Gasteiger partial charge in [-0.2, -0.15) is 16.4 Å². The number of imidazole rings is 2. The number of nitrogens with zero attached hydrogens (tertiary/aromatic N) is 6. The molecular formula is C23H18N8S. The van der Waals surface area contributed by atoms with Gasteiger partial charge in [-0.3, -0.25) is 10.1 Å². The van der Waals surface area contributed by atoms with Gasteiger partial charge < -0.3 is 14.5 Å². The van der Waals surface area contributed by atoms with Crippen LogP contribution in [0.4, 0.5) is 5.82 Å². The second-order valence-corrected chi connectivity index (χ2v) is 8.84. The van der Waals surface area contributed by atoms with E-state index >= 15 is 0 Å². The van der Waals surface area contributed by atoms with Crippen LogP contribution in [-0.4, -0.2) is 41.2 Å². The van der Waals surface area contributed by atoms with Crippen LogP contribution in [0.5, 0.6) is 0 Å². The van der Waals surface area contributed by atoms with Gasteiger partial charge in [-0.15, -0.1) is 0 Å². The van der Waals surface area contributed by atoms with Gasteiger partial charge >= 0.3 is 0 Å². The van der Waals surface area contributed by atoms with E-state index in [4.69, 9.17) is 4.98 Å². The highest BCUT2D eigenvalue weighted by Gasteiger charge is 2.35. The van der Waals surface area contributed by atoms with E-state index in [-0.39, 0.29) is 0 Å². The second-order valence-electron chi connectivity index (χ2n) is 8.06. The Bertz CT molecular complexity index is 1580. The zero-order chi connectivity index (χ0) is 21.4. The highest BCUT2D eigenvalue weighted by molar-refractivity contribution is 7.08. The third-order valence-electron chi connectivity index (χ3n) is 6.20. The smallest absolute Gasteiger partial charge is 0.161 e. The lowest BCUT2D eigenvalue weighted by atomic mass is 10.1. The lowest BCUT2D eigenvalue weighted by molar-refractivity contribution is 0.862. The Kier molecular flexibility index (Phi) is 3.46. The van der Waals surface area contributed by atoms with E-state index in [2.05, 4.69) is 65.1 Å². The monoisotopic (exact) mass is 438 g/mol. The highest BCUT2D eigenvalue weighted by Crippen LogP contribution is 2.42. The normalized spacial score (nSPS) is 14.8. The lowest BCUT2D eigenvalue weighted by Crippen LogP contribution is -1.95. The maximum atomic E-state index is 4.98. The Hall–Kier alpha value is -3.98. The predicted molar refractivity (Wildman–Crippen MR) is 125 cm³/mol. The molecule has 0 amide bonds. The van der Waals surface area contributed by atoms with Gasteiger partial charge in [0, 0.05) is 23.7 Å². The number of aromatic amines is 2. The minimum Gasteiger partial charge on any atom is -0.335 e. The molecule has 0 aliphatic carbocycles. The maximum Gasteiger partial charge on any atom is 0.161 e. The Morgan fingerprint density at radius 3 is 2.91 bits per heavy atom. The summed E-state index contributed by atoms with van der Waals surface area (Å²) in [6.07, 6.45) is 8.03. The number of nitrogens with one attached hydrogen (secondary N) is 2. The second kappa shape index (κ2) is 6.27. The molecule has 156 valence electrons. The van der Waals surface area contributed by atoms with Crippen molar-refractivity contribution < 1.29 is 0 Å². The Morgan fingerprint density at radius 1 is 1.16 bits per heavy atom. The number of allylic oxidation sites excluding steroid dienone is 2. The Labute approximate surface area is 187 Å². The quantitative estimate of drug-likeness (QED) is 0.411. The molecular weight excluding hydrogens is 420 g/mol. The SMILES string of the molecule is Cc1ncc(-c2cc3c(-c4nc5c([nH]4)C(c4ccsc4)=CC=C4CN45)n[nH]c3cn2)n1C. The molecule has 0 radical (unpaired) electrons. The molecule has 7 heterocycles. The molecule has 8 nitrogen and oxygen atoms in total. The first-order valence-corrected chi connectivity index (χ1v) is 11.3. The largest absolute Gasteiger partial charge is 0.335 e. The van der Waals surface area contributed by atoms with Crippen molar-refractivity contribution in [3.8, 4) is 22.9 Å². The topological polar surface area (TPSA) is 91.1 Å².